The second kappa shape index (κ2) is 5.93. The summed E-state index contributed by atoms with van der Waals surface area (Å²) in [7, 11) is 1.67. The monoisotopic (exact) mass is 253 g/mol. The van der Waals surface area contributed by atoms with E-state index in [0.717, 1.165) is 16.4 Å². The van der Waals surface area contributed by atoms with Crippen molar-refractivity contribution in [1.82, 2.24) is 5.32 Å². The molecule has 0 spiro atoms. The van der Waals surface area contributed by atoms with Gasteiger partial charge in [-0.15, -0.1) is 11.3 Å². The highest BCUT2D eigenvalue weighted by atomic mass is 35.5. The largest absolute Gasteiger partial charge is 0.383 e. The highest BCUT2D eigenvalue weighted by Crippen LogP contribution is 2.34. The van der Waals surface area contributed by atoms with Crippen LogP contribution in [0.25, 0.3) is 0 Å². The lowest BCUT2D eigenvalue weighted by Gasteiger charge is -2.15. The fraction of sp³-hybridized carbons (Fsp3) is 0.556. The molecule has 0 bridgehead atoms. The van der Waals surface area contributed by atoms with Crippen molar-refractivity contribution >= 4 is 34.5 Å². The minimum Gasteiger partial charge on any atom is -0.383 e. The molecule has 0 saturated carbocycles. The zero-order valence-corrected chi connectivity index (χ0v) is 10.5. The minimum atomic E-state index is 0.126. The summed E-state index contributed by atoms with van der Waals surface area (Å²) in [4.78, 5) is 0. The van der Waals surface area contributed by atoms with Crippen LogP contribution in [0.5, 0.6) is 0 Å². The number of nitrogens with one attached hydrogen (secondary N) is 1. The molecule has 1 heterocycles. The summed E-state index contributed by atoms with van der Waals surface area (Å²) >= 11 is 13.3. The van der Waals surface area contributed by atoms with Gasteiger partial charge in [0.15, 0.2) is 0 Å². The Morgan fingerprint density at radius 3 is 2.71 bits per heavy atom. The molecule has 1 rings (SSSR count). The van der Waals surface area contributed by atoms with E-state index in [1.54, 1.807) is 7.11 Å². The van der Waals surface area contributed by atoms with Gasteiger partial charge < -0.3 is 10.1 Å². The van der Waals surface area contributed by atoms with Crippen molar-refractivity contribution in [3.63, 3.8) is 0 Å². The average molecular weight is 254 g/mol. The van der Waals surface area contributed by atoms with Crippen molar-refractivity contribution in [2.75, 3.05) is 20.3 Å². The fourth-order valence-electron chi connectivity index (χ4n) is 1.26. The normalized spacial score (nSPS) is 13.1. The molecule has 0 saturated heterocycles. The minimum absolute atomic E-state index is 0.126. The van der Waals surface area contributed by atoms with Crippen LogP contribution < -0.4 is 5.32 Å². The van der Waals surface area contributed by atoms with Crippen LogP contribution in [0.4, 0.5) is 0 Å². The quantitative estimate of drug-likeness (QED) is 0.870. The van der Waals surface area contributed by atoms with E-state index in [1.165, 1.54) is 11.3 Å². The number of rotatable bonds is 5. The van der Waals surface area contributed by atoms with Gasteiger partial charge in [0.2, 0.25) is 0 Å². The van der Waals surface area contributed by atoms with Gasteiger partial charge in [0, 0.05) is 12.7 Å². The molecular weight excluding hydrogens is 241 g/mol. The van der Waals surface area contributed by atoms with E-state index < -0.39 is 0 Å². The summed E-state index contributed by atoms with van der Waals surface area (Å²) in [5, 5.41) is 3.29. The molecule has 0 aromatic carbocycles. The lowest BCUT2D eigenvalue weighted by molar-refractivity contribution is 0.168. The maximum Gasteiger partial charge on any atom is 0.0992 e. The zero-order valence-electron chi connectivity index (χ0n) is 8.14. The first-order valence-corrected chi connectivity index (χ1v) is 5.93. The standard InChI is InChI=1S/C9H13Cl2NOS/c1-3-12-7(5-13-2)6-4-8(10)14-9(6)11/h4,7,12H,3,5H2,1-2H3. The van der Waals surface area contributed by atoms with Crippen LogP contribution >= 0.6 is 34.5 Å². The van der Waals surface area contributed by atoms with Gasteiger partial charge in [0.05, 0.1) is 21.3 Å². The molecule has 0 aliphatic carbocycles. The molecule has 14 heavy (non-hydrogen) atoms. The van der Waals surface area contributed by atoms with Gasteiger partial charge >= 0.3 is 0 Å². The van der Waals surface area contributed by atoms with Crippen molar-refractivity contribution in [3.05, 3.63) is 20.3 Å². The van der Waals surface area contributed by atoms with Crippen molar-refractivity contribution in [1.29, 1.82) is 0 Å². The average Bonchev–Trinajstić information content (AvgIpc) is 2.45. The Hall–Kier alpha value is 0.200. The summed E-state index contributed by atoms with van der Waals surface area (Å²) in [5.41, 5.74) is 1.02. The maximum absolute atomic E-state index is 6.05. The number of methoxy groups -OCH3 is 1. The Kier molecular flexibility index (Phi) is 5.20. The molecule has 1 atom stereocenters. The fourth-order valence-corrected chi connectivity index (χ4v) is 2.84. The highest BCUT2D eigenvalue weighted by Gasteiger charge is 2.16. The van der Waals surface area contributed by atoms with Crippen LogP contribution in [0.15, 0.2) is 6.07 Å². The van der Waals surface area contributed by atoms with Gasteiger partial charge in [0.1, 0.15) is 0 Å². The molecule has 5 heteroatoms. The number of hydrogen-bond acceptors (Lipinski definition) is 3. The molecule has 2 nitrogen and oxygen atoms in total. The Labute approximate surface area is 98.2 Å². The Morgan fingerprint density at radius 2 is 2.29 bits per heavy atom. The number of halogens is 2. The maximum atomic E-state index is 6.05. The smallest absolute Gasteiger partial charge is 0.0992 e. The summed E-state index contributed by atoms with van der Waals surface area (Å²) in [6.45, 7) is 3.52. The van der Waals surface area contributed by atoms with Crippen LogP contribution in [-0.2, 0) is 4.74 Å². The van der Waals surface area contributed by atoms with Gasteiger partial charge in [-0.2, -0.15) is 0 Å². The van der Waals surface area contributed by atoms with Crippen LogP contribution in [-0.4, -0.2) is 20.3 Å². The first-order chi connectivity index (χ1) is 6.69. The van der Waals surface area contributed by atoms with Crippen LogP contribution in [0.1, 0.15) is 18.5 Å². The molecule has 0 aliphatic heterocycles. The second-order valence-corrected chi connectivity index (χ2v) is 5.13. The third-order valence-electron chi connectivity index (χ3n) is 1.84. The van der Waals surface area contributed by atoms with Crippen molar-refractivity contribution < 1.29 is 4.74 Å². The van der Waals surface area contributed by atoms with Crippen molar-refractivity contribution in [3.8, 4) is 0 Å². The van der Waals surface area contributed by atoms with Crippen LogP contribution in [0.3, 0.4) is 0 Å². The van der Waals surface area contributed by atoms with E-state index in [2.05, 4.69) is 5.32 Å². The summed E-state index contributed by atoms with van der Waals surface area (Å²) in [6, 6.07) is 2.02. The molecule has 0 radical (unpaired) electrons. The molecule has 1 aromatic heterocycles. The molecule has 0 fully saturated rings. The summed E-state index contributed by atoms with van der Waals surface area (Å²) in [5.74, 6) is 0. The topological polar surface area (TPSA) is 21.3 Å². The third kappa shape index (κ3) is 3.11. The van der Waals surface area contributed by atoms with Crippen LogP contribution in [0.2, 0.25) is 8.67 Å². The zero-order chi connectivity index (χ0) is 10.6. The van der Waals surface area contributed by atoms with Crippen LogP contribution in [0, 0.1) is 0 Å². The Balaban J connectivity index is 2.80. The van der Waals surface area contributed by atoms with Gasteiger partial charge in [-0.25, -0.2) is 0 Å². The molecular formula is C9H13Cl2NOS. The predicted molar refractivity (Wildman–Crippen MR) is 62.6 cm³/mol. The van der Waals surface area contributed by atoms with E-state index in [1.807, 2.05) is 13.0 Å². The molecule has 80 valence electrons. The summed E-state index contributed by atoms with van der Waals surface area (Å²) < 4.78 is 6.56. The molecule has 0 aliphatic rings. The SMILES string of the molecule is CCNC(COC)c1cc(Cl)sc1Cl. The number of ether oxygens (including phenoxy) is 1. The second-order valence-electron chi connectivity index (χ2n) is 2.85. The lowest BCUT2D eigenvalue weighted by Crippen LogP contribution is -2.24. The molecule has 0 amide bonds. The van der Waals surface area contributed by atoms with E-state index >= 15 is 0 Å². The Bertz CT molecular complexity index is 284. The van der Waals surface area contributed by atoms with E-state index in [4.69, 9.17) is 27.9 Å². The summed E-state index contributed by atoms with van der Waals surface area (Å²) in [6.07, 6.45) is 0. The highest BCUT2D eigenvalue weighted by molar-refractivity contribution is 7.20. The first-order valence-electron chi connectivity index (χ1n) is 4.36. The molecule has 1 N–H and O–H groups in total. The number of likely N-dealkylation sites (N-methyl/N-ethyl adjacent to an activating group) is 1. The third-order valence-corrected chi connectivity index (χ3v) is 3.36. The lowest BCUT2D eigenvalue weighted by atomic mass is 10.1. The van der Waals surface area contributed by atoms with Crippen molar-refractivity contribution in [2.45, 2.75) is 13.0 Å². The van der Waals surface area contributed by atoms with Gasteiger partial charge in [-0.05, 0) is 12.6 Å². The van der Waals surface area contributed by atoms with Gasteiger partial charge in [0.25, 0.3) is 0 Å². The number of thiophene rings is 1. The van der Waals surface area contributed by atoms with E-state index in [0.29, 0.717) is 10.9 Å². The Morgan fingerprint density at radius 1 is 1.57 bits per heavy atom. The van der Waals surface area contributed by atoms with E-state index in [-0.39, 0.29) is 6.04 Å². The van der Waals surface area contributed by atoms with Gasteiger partial charge in [-0.3, -0.25) is 0 Å². The molecule has 1 unspecified atom stereocenters. The van der Waals surface area contributed by atoms with Gasteiger partial charge in [-0.1, -0.05) is 30.1 Å². The van der Waals surface area contributed by atoms with Crippen molar-refractivity contribution in [2.24, 2.45) is 0 Å². The van der Waals surface area contributed by atoms with E-state index in [9.17, 15) is 0 Å². The number of hydrogen-bond donors (Lipinski definition) is 1. The molecule has 1 aromatic rings. The first kappa shape index (κ1) is 12.3. The predicted octanol–water partition coefficient (Wildman–Crippen LogP) is 3.35.